The zero-order valence-electron chi connectivity index (χ0n) is 10.3. The molecule has 1 rings (SSSR count). The Morgan fingerprint density at radius 1 is 1.59 bits per heavy atom. The summed E-state index contributed by atoms with van der Waals surface area (Å²) in [5, 5.41) is 19.6. The second-order valence-electron chi connectivity index (χ2n) is 4.10. The Kier molecular flexibility index (Phi) is 4.39. The molecule has 0 amide bonds. The number of aliphatic hydroxyl groups excluding tert-OH is 1. The van der Waals surface area contributed by atoms with E-state index in [4.69, 9.17) is 5.11 Å². The first-order chi connectivity index (χ1) is 7.97. The molecular formula is C11H17N3O3. The minimum absolute atomic E-state index is 0.0149. The van der Waals surface area contributed by atoms with E-state index in [0.717, 1.165) is 5.56 Å². The molecule has 0 saturated heterocycles. The van der Waals surface area contributed by atoms with Crippen LogP contribution in [0, 0.1) is 17.0 Å². The van der Waals surface area contributed by atoms with Crippen LogP contribution in [0.4, 0.5) is 11.5 Å². The monoisotopic (exact) mass is 239 g/mol. The molecule has 6 heteroatoms. The van der Waals surface area contributed by atoms with Crippen LogP contribution >= 0.6 is 0 Å². The summed E-state index contributed by atoms with van der Waals surface area (Å²) in [4.78, 5) is 16.2. The maximum absolute atomic E-state index is 10.6. The first-order valence-corrected chi connectivity index (χ1v) is 5.46. The lowest BCUT2D eigenvalue weighted by atomic mass is 10.2. The van der Waals surface area contributed by atoms with Gasteiger partial charge in [0.15, 0.2) is 0 Å². The van der Waals surface area contributed by atoms with Crippen LogP contribution in [0.25, 0.3) is 0 Å². The first kappa shape index (κ1) is 13.4. The van der Waals surface area contributed by atoms with E-state index in [1.165, 1.54) is 12.3 Å². The minimum atomic E-state index is -0.463. The molecule has 0 aliphatic heterocycles. The van der Waals surface area contributed by atoms with Gasteiger partial charge in [-0.2, -0.15) is 0 Å². The summed E-state index contributed by atoms with van der Waals surface area (Å²) in [5.74, 6) is 0.680. The number of hydrogen-bond acceptors (Lipinski definition) is 5. The molecule has 0 saturated carbocycles. The topological polar surface area (TPSA) is 79.5 Å². The van der Waals surface area contributed by atoms with Crippen LogP contribution < -0.4 is 4.90 Å². The Hall–Kier alpha value is -1.69. The summed E-state index contributed by atoms with van der Waals surface area (Å²) in [6.07, 6.45) is 1.25. The summed E-state index contributed by atoms with van der Waals surface area (Å²) in [6, 6.07) is 1.67. The van der Waals surface area contributed by atoms with Crippen molar-refractivity contribution in [3.63, 3.8) is 0 Å². The van der Waals surface area contributed by atoms with Crippen molar-refractivity contribution in [2.75, 3.05) is 18.1 Å². The van der Waals surface area contributed by atoms with Gasteiger partial charge in [-0.05, 0) is 26.3 Å². The van der Waals surface area contributed by atoms with E-state index in [0.29, 0.717) is 12.4 Å². The molecule has 0 bridgehead atoms. The smallest absolute Gasteiger partial charge is 0.287 e. The predicted octanol–water partition coefficient (Wildman–Crippen LogP) is 1.51. The SMILES string of the molecule is Cc1cc([N+](=O)[O-])cnc1N(CCO)C(C)C. The molecule has 0 aromatic carbocycles. The molecule has 1 aromatic rings. The Morgan fingerprint density at radius 3 is 2.65 bits per heavy atom. The van der Waals surface area contributed by atoms with E-state index in [1.807, 2.05) is 18.7 Å². The van der Waals surface area contributed by atoms with Gasteiger partial charge in [-0.15, -0.1) is 0 Å². The zero-order valence-corrected chi connectivity index (χ0v) is 10.3. The third kappa shape index (κ3) is 3.13. The van der Waals surface area contributed by atoms with E-state index < -0.39 is 4.92 Å². The van der Waals surface area contributed by atoms with Crippen molar-refractivity contribution in [1.29, 1.82) is 0 Å². The average molecular weight is 239 g/mol. The number of aromatic nitrogens is 1. The van der Waals surface area contributed by atoms with Crippen LogP contribution in [0.3, 0.4) is 0 Å². The van der Waals surface area contributed by atoms with Gasteiger partial charge in [0.2, 0.25) is 0 Å². The number of pyridine rings is 1. The van der Waals surface area contributed by atoms with Gasteiger partial charge in [0.05, 0.1) is 11.5 Å². The van der Waals surface area contributed by atoms with Crippen LogP contribution in [0.1, 0.15) is 19.4 Å². The third-order valence-corrected chi connectivity index (χ3v) is 2.48. The van der Waals surface area contributed by atoms with Gasteiger partial charge in [-0.25, -0.2) is 4.98 Å². The summed E-state index contributed by atoms with van der Waals surface area (Å²) < 4.78 is 0. The van der Waals surface area contributed by atoms with Crippen LogP contribution in [-0.4, -0.2) is 34.2 Å². The van der Waals surface area contributed by atoms with Crippen molar-refractivity contribution >= 4 is 11.5 Å². The standard InChI is InChI=1S/C11H17N3O3/c1-8(2)13(4-5-15)11-9(3)6-10(7-12-11)14(16)17/h6-8,15H,4-5H2,1-3H3. The van der Waals surface area contributed by atoms with Gasteiger partial charge in [-0.3, -0.25) is 10.1 Å². The van der Waals surface area contributed by atoms with E-state index >= 15 is 0 Å². The zero-order chi connectivity index (χ0) is 13.0. The molecule has 1 heterocycles. The van der Waals surface area contributed by atoms with Crippen molar-refractivity contribution in [2.45, 2.75) is 26.8 Å². The highest BCUT2D eigenvalue weighted by atomic mass is 16.6. The van der Waals surface area contributed by atoms with Crippen molar-refractivity contribution in [2.24, 2.45) is 0 Å². The summed E-state index contributed by atoms with van der Waals surface area (Å²) in [7, 11) is 0. The van der Waals surface area contributed by atoms with Gasteiger partial charge in [-0.1, -0.05) is 0 Å². The largest absolute Gasteiger partial charge is 0.395 e. The van der Waals surface area contributed by atoms with Crippen LogP contribution in [0.2, 0.25) is 0 Å². The number of nitro groups is 1. The minimum Gasteiger partial charge on any atom is -0.395 e. The Bertz CT molecular complexity index is 407. The normalized spacial score (nSPS) is 10.6. The second kappa shape index (κ2) is 5.58. The van der Waals surface area contributed by atoms with Gasteiger partial charge in [0.25, 0.3) is 5.69 Å². The van der Waals surface area contributed by atoms with E-state index in [2.05, 4.69) is 4.98 Å². The fraction of sp³-hybridized carbons (Fsp3) is 0.545. The molecule has 0 radical (unpaired) electrons. The third-order valence-electron chi connectivity index (χ3n) is 2.48. The molecule has 0 aliphatic carbocycles. The lowest BCUT2D eigenvalue weighted by Gasteiger charge is -2.28. The highest BCUT2D eigenvalue weighted by Gasteiger charge is 2.16. The Balaban J connectivity index is 3.08. The lowest BCUT2D eigenvalue weighted by Crippen LogP contribution is -2.34. The lowest BCUT2D eigenvalue weighted by molar-refractivity contribution is -0.385. The van der Waals surface area contributed by atoms with Gasteiger partial charge in [0.1, 0.15) is 12.0 Å². The predicted molar refractivity (Wildman–Crippen MR) is 65.2 cm³/mol. The molecule has 1 N–H and O–H groups in total. The highest BCUT2D eigenvalue weighted by molar-refractivity contribution is 5.51. The molecule has 0 fully saturated rings. The fourth-order valence-electron chi connectivity index (χ4n) is 1.67. The number of aliphatic hydroxyl groups is 1. The van der Waals surface area contributed by atoms with Crippen molar-refractivity contribution in [3.8, 4) is 0 Å². The summed E-state index contributed by atoms with van der Waals surface area (Å²) >= 11 is 0. The van der Waals surface area contributed by atoms with Crippen molar-refractivity contribution in [3.05, 3.63) is 27.9 Å². The van der Waals surface area contributed by atoms with Gasteiger partial charge >= 0.3 is 0 Å². The fourth-order valence-corrected chi connectivity index (χ4v) is 1.67. The number of aryl methyl sites for hydroxylation is 1. The van der Waals surface area contributed by atoms with Gasteiger partial charge in [0, 0.05) is 18.7 Å². The average Bonchev–Trinajstić information content (AvgIpc) is 2.26. The highest BCUT2D eigenvalue weighted by Crippen LogP contribution is 2.22. The molecule has 0 spiro atoms. The molecule has 17 heavy (non-hydrogen) atoms. The number of nitrogens with zero attached hydrogens (tertiary/aromatic N) is 3. The quantitative estimate of drug-likeness (QED) is 0.622. The molecule has 0 aliphatic rings. The van der Waals surface area contributed by atoms with Crippen LogP contribution in [0.5, 0.6) is 0 Å². The maximum Gasteiger partial charge on any atom is 0.287 e. The summed E-state index contributed by atoms with van der Waals surface area (Å²) in [5.41, 5.74) is 0.723. The van der Waals surface area contributed by atoms with E-state index in [1.54, 1.807) is 6.92 Å². The number of anilines is 1. The number of hydrogen-bond donors (Lipinski definition) is 1. The van der Waals surface area contributed by atoms with Gasteiger partial charge < -0.3 is 10.0 Å². The molecule has 0 atom stereocenters. The van der Waals surface area contributed by atoms with Crippen molar-refractivity contribution < 1.29 is 10.0 Å². The van der Waals surface area contributed by atoms with Crippen molar-refractivity contribution in [1.82, 2.24) is 4.98 Å². The molecular weight excluding hydrogens is 222 g/mol. The van der Waals surface area contributed by atoms with E-state index in [-0.39, 0.29) is 18.3 Å². The number of rotatable bonds is 5. The molecule has 1 aromatic heterocycles. The first-order valence-electron chi connectivity index (χ1n) is 5.46. The maximum atomic E-state index is 10.6. The molecule has 0 unspecified atom stereocenters. The molecule has 6 nitrogen and oxygen atoms in total. The van der Waals surface area contributed by atoms with Crippen LogP contribution in [-0.2, 0) is 0 Å². The second-order valence-corrected chi connectivity index (χ2v) is 4.10. The van der Waals surface area contributed by atoms with E-state index in [9.17, 15) is 10.1 Å². The van der Waals surface area contributed by atoms with Crippen LogP contribution in [0.15, 0.2) is 12.3 Å². The molecule has 94 valence electrons. The Labute approximate surface area is 100 Å². The summed E-state index contributed by atoms with van der Waals surface area (Å²) in [6.45, 7) is 6.23. The Morgan fingerprint density at radius 2 is 2.24 bits per heavy atom.